The Morgan fingerprint density at radius 2 is 2.00 bits per heavy atom. The van der Waals surface area contributed by atoms with E-state index in [1.165, 1.54) is 5.56 Å². The first-order valence-corrected chi connectivity index (χ1v) is 6.07. The van der Waals surface area contributed by atoms with Crippen molar-refractivity contribution in [3.63, 3.8) is 0 Å². The molecule has 1 N–H and O–H groups in total. The minimum Gasteiger partial charge on any atom is -0.304 e. The van der Waals surface area contributed by atoms with Crippen molar-refractivity contribution in [3.8, 4) is 0 Å². The zero-order valence-corrected chi connectivity index (χ0v) is 10.5. The largest absolute Gasteiger partial charge is 0.304 e. The second kappa shape index (κ2) is 2.83. The van der Waals surface area contributed by atoms with Crippen LogP contribution in [0.25, 0.3) is 0 Å². The number of hydrogen-bond acceptors (Lipinski definition) is 2. The molecule has 78 valence electrons. The molecule has 1 aliphatic rings. The van der Waals surface area contributed by atoms with Gasteiger partial charge in [0.05, 0.1) is 0 Å². The monoisotopic (exact) mass is 209 g/mol. The zero-order chi connectivity index (χ0) is 10.6. The first-order chi connectivity index (χ1) is 6.32. The average Bonchev–Trinajstić information content (AvgIpc) is 2.51. The Bertz CT molecular complexity index is 355. The maximum absolute atomic E-state index is 3.56. The maximum atomic E-state index is 3.56. The lowest BCUT2D eigenvalue weighted by Crippen LogP contribution is -2.28. The number of hydrogen-bond donors (Lipinski definition) is 1. The van der Waals surface area contributed by atoms with Gasteiger partial charge < -0.3 is 5.32 Å². The fraction of sp³-hybridized carbons (Fsp3) is 0.667. The molecule has 0 saturated heterocycles. The highest BCUT2D eigenvalue weighted by Gasteiger charge is 2.34. The highest BCUT2D eigenvalue weighted by atomic mass is 32.1. The Hall–Kier alpha value is -0.340. The fourth-order valence-electron chi connectivity index (χ4n) is 2.12. The summed E-state index contributed by atoms with van der Waals surface area (Å²) in [6.07, 6.45) is 0. The van der Waals surface area contributed by atoms with Crippen molar-refractivity contribution in [1.82, 2.24) is 5.32 Å². The van der Waals surface area contributed by atoms with Gasteiger partial charge in [0.2, 0.25) is 0 Å². The minimum absolute atomic E-state index is 0.176. The van der Waals surface area contributed by atoms with Crippen LogP contribution in [0.2, 0.25) is 0 Å². The van der Waals surface area contributed by atoms with Crippen LogP contribution in [0, 0.1) is 0 Å². The van der Waals surface area contributed by atoms with Crippen LogP contribution >= 0.6 is 11.3 Å². The first-order valence-electron chi connectivity index (χ1n) is 5.19. The predicted molar refractivity (Wildman–Crippen MR) is 62.9 cm³/mol. The zero-order valence-electron chi connectivity index (χ0n) is 9.69. The van der Waals surface area contributed by atoms with E-state index in [-0.39, 0.29) is 5.54 Å². The molecule has 0 aliphatic carbocycles. The van der Waals surface area contributed by atoms with Gasteiger partial charge in [-0.2, -0.15) is 0 Å². The van der Waals surface area contributed by atoms with Crippen molar-refractivity contribution in [1.29, 1.82) is 0 Å². The van der Waals surface area contributed by atoms with E-state index in [1.54, 1.807) is 10.4 Å². The Balaban J connectivity index is 2.51. The van der Waals surface area contributed by atoms with Crippen LogP contribution in [0.5, 0.6) is 0 Å². The average molecular weight is 209 g/mol. The SMILES string of the molecule is CC(C)(C)c1scc2c1CNC2(C)C. The summed E-state index contributed by atoms with van der Waals surface area (Å²) in [5.74, 6) is 0. The minimum atomic E-state index is 0.176. The number of rotatable bonds is 0. The number of nitrogens with one attached hydrogen (secondary N) is 1. The molecular formula is C12H19NS. The third-order valence-electron chi connectivity index (χ3n) is 2.96. The lowest BCUT2D eigenvalue weighted by molar-refractivity contribution is 0.442. The molecule has 0 fully saturated rings. The molecule has 1 aromatic heterocycles. The van der Waals surface area contributed by atoms with Crippen molar-refractivity contribution >= 4 is 11.3 Å². The van der Waals surface area contributed by atoms with Crippen LogP contribution < -0.4 is 5.32 Å². The van der Waals surface area contributed by atoms with Crippen molar-refractivity contribution in [3.05, 3.63) is 21.4 Å². The van der Waals surface area contributed by atoms with Gasteiger partial charge in [-0.25, -0.2) is 0 Å². The first kappa shape index (κ1) is 10.2. The highest BCUT2D eigenvalue weighted by Crippen LogP contribution is 2.41. The second-order valence-corrected chi connectivity index (χ2v) is 6.57. The molecule has 0 aromatic carbocycles. The van der Waals surface area contributed by atoms with E-state index in [9.17, 15) is 0 Å². The topological polar surface area (TPSA) is 12.0 Å². The van der Waals surface area contributed by atoms with Gasteiger partial charge in [0.15, 0.2) is 0 Å². The molecule has 0 bridgehead atoms. The van der Waals surface area contributed by atoms with Crippen LogP contribution in [0.3, 0.4) is 0 Å². The lowest BCUT2D eigenvalue weighted by Gasteiger charge is -2.17. The van der Waals surface area contributed by atoms with Gasteiger partial charge in [-0.05, 0) is 35.8 Å². The van der Waals surface area contributed by atoms with E-state index in [1.807, 2.05) is 11.3 Å². The van der Waals surface area contributed by atoms with Gasteiger partial charge in [-0.1, -0.05) is 20.8 Å². The summed E-state index contributed by atoms with van der Waals surface area (Å²) >= 11 is 1.92. The normalized spacial score (nSPS) is 19.8. The molecular weight excluding hydrogens is 190 g/mol. The summed E-state index contributed by atoms with van der Waals surface area (Å²) in [4.78, 5) is 1.55. The summed E-state index contributed by atoms with van der Waals surface area (Å²) in [7, 11) is 0. The molecule has 1 nitrogen and oxygen atoms in total. The van der Waals surface area contributed by atoms with Gasteiger partial charge in [-0.3, -0.25) is 0 Å². The molecule has 2 heteroatoms. The predicted octanol–water partition coefficient (Wildman–Crippen LogP) is 3.38. The summed E-state index contributed by atoms with van der Waals surface area (Å²) in [5.41, 5.74) is 3.52. The molecule has 1 aromatic rings. The van der Waals surface area contributed by atoms with Crippen molar-refractivity contribution < 1.29 is 0 Å². The van der Waals surface area contributed by atoms with E-state index in [0.29, 0.717) is 5.41 Å². The van der Waals surface area contributed by atoms with Gasteiger partial charge in [-0.15, -0.1) is 11.3 Å². The van der Waals surface area contributed by atoms with E-state index >= 15 is 0 Å². The van der Waals surface area contributed by atoms with E-state index < -0.39 is 0 Å². The quantitative estimate of drug-likeness (QED) is 0.690. The van der Waals surface area contributed by atoms with Crippen molar-refractivity contribution in [2.75, 3.05) is 0 Å². The van der Waals surface area contributed by atoms with Gasteiger partial charge in [0.25, 0.3) is 0 Å². The molecule has 2 heterocycles. The Morgan fingerprint density at radius 3 is 2.57 bits per heavy atom. The van der Waals surface area contributed by atoms with Crippen molar-refractivity contribution in [2.24, 2.45) is 0 Å². The molecule has 0 spiro atoms. The van der Waals surface area contributed by atoms with E-state index in [4.69, 9.17) is 0 Å². The maximum Gasteiger partial charge on any atom is 0.0391 e. The van der Waals surface area contributed by atoms with E-state index in [2.05, 4.69) is 45.3 Å². The fourth-order valence-corrected chi connectivity index (χ4v) is 3.47. The van der Waals surface area contributed by atoms with Crippen LogP contribution in [0.4, 0.5) is 0 Å². The summed E-state index contributed by atoms with van der Waals surface area (Å²) in [6, 6.07) is 0. The van der Waals surface area contributed by atoms with Crippen LogP contribution in [-0.4, -0.2) is 0 Å². The molecule has 2 rings (SSSR count). The van der Waals surface area contributed by atoms with Gasteiger partial charge in [0, 0.05) is 17.0 Å². The number of thiophene rings is 1. The van der Waals surface area contributed by atoms with Crippen molar-refractivity contribution in [2.45, 2.75) is 52.1 Å². The Kier molecular flexibility index (Phi) is 2.06. The van der Waals surface area contributed by atoms with Crippen LogP contribution in [0.1, 0.15) is 50.6 Å². The third kappa shape index (κ3) is 1.41. The van der Waals surface area contributed by atoms with Gasteiger partial charge in [0.1, 0.15) is 0 Å². The molecule has 14 heavy (non-hydrogen) atoms. The third-order valence-corrected chi connectivity index (χ3v) is 4.40. The summed E-state index contributed by atoms with van der Waals surface area (Å²) in [5, 5.41) is 5.89. The summed E-state index contributed by atoms with van der Waals surface area (Å²) < 4.78 is 0. The lowest BCUT2D eigenvalue weighted by atomic mass is 9.89. The van der Waals surface area contributed by atoms with Gasteiger partial charge >= 0.3 is 0 Å². The van der Waals surface area contributed by atoms with Crippen LogP contribution in [0.15, 0.2) is 5.38 Å². The molecule has 0 radical (unpaired) electrons. The molecule has 1 aliphatic heterocycles. The molecule has 0 atom stereocenters. The molecule has 0 unspecified atom stereocenters. The number of fused-ring (bicyclic) bond motifs is 1. The van der Waals surface area contributed by atoms with E-state index in [0.717, 1.165) is 6.54 Å². The standard InChI is InChI=1S/C12H19NS/c1-11(2,3)10-8-6-13-12(4,5)9(8)7-14-10/h7,13H,6H2,1-5H3. The molecule has 0 amide bonds. The summed E-state index contributed by atoms with van der Waals surface area (Å²) in [6.45, 7) is 12.5. The second-order valence-electron chi connectivity index (χ2n) is 5.69. The Labute approximate surface area is 90.5 Å². The van der Waals surface area contributed by atoms with Crippen LogP contribution in [-0.2, 0) is 17.5 Å². The highest BCUT2D eigenvalue weighted by molar-refractivity contribution is 7.10. The smallest absolute Gasteiger partial charge is 0.0391 e. The molecule has 0 saturated carbocycles. The Morgan fingerprint density at radius 1 is 1.36 bits per heavy atom.